The highest BCUT2D eigenvalue weighted by molar-refractivity contribution is 7.52. The molecule has 0 saturated heterocycles. The summed E-state index contributed by atoms with van der Waals surface area (Å²) in [5, 5.41) is 2.23. The first kappa shape index (κ1) is 13.6. The van der Waals surface area contributed by atoms with Crippen LogP contribution in [-0.2, 0) is 9.36 Å². The predicted octanol–water partition coefficient (Wildman–Crippen LogP) is -0.390. The number of hydrogen-bond donors (Lipinski definition) is 4. The van der Waals surface area contributed by atoms with Crippen LogP contribution in [0.2, 0.25) is 0 Å². The summed E-state index contributed by atoms with van der Waals surface area (Å²) in [6.07, 6.45) is 0. The summed E-state index contributed by atoms with van der Waals surface area (Å²) in [7, 11) is -4.31. The van der Waals surface area contributed by atoms with Crippen molar-refractivity contribution >= 4 is 13.5 Å². The van der Waals surface area contributed by atoms with Gasteiger partial charge < -0.3 is 20.8 Å². The first-order valence-corrected chi connectivity index (χ1v) is 5.95. The maximum atomic E-state index is 11.1. The van der Waals surface area contributed by atoms with E-state index in [1.807, 2.05) is 0 Å². The molecule has 84 valence electrons. The summed E-state index contributed by atoms with van der Waals surface area (Å²) < 4.78 is 11.0. The summed E-state index contributed by atoms with van der Waals surface area (Å²) in [5.74, 6) is -2.08. The largest absolute Gasteiger partial charge is 0.347 e. The highest BCUT2D eigenvalue weighted by Crippen LogP contribution is 2.43. The van der Waals surface area contributed by atoms with Gasteiger partial charge in [-0.05, 0) is 12.8 Å². The normalized spacial score (nSPS) is 16.5. The fraction of sp³-hybridized carbons (Fsp3) is 0.857. The maximum absolute atomic E-state index is 11.1. The van der Waals surface area contributed by atoms with E-state index in [4.69, 9.17) is 15.5 Å². The minimum absolute atomic E-state index is 0.349. The van der Waals surface area contributed by atoms with Crippen molar-refractivity contribution in [2.24, 2.45) is 11.7 Å². The van der Waals surface area contributed by atoms with Crippen molar-refractivity contribution in [2.75, 3.05) is 0 Å². The molecule has 0 fully saturated rings. The van der Waals surface area contributed by atoms with E-state index in [2.05, 4.69) is 5.32 Å². The van der Waals surface area contributed by atoms with Gasteiger partial charge in [0.25, 0.3) is 0 Å². The molecule has 5 N–H and O–H groups in total. The van der Waals surface area contributed by atoms with Gasteiger partial charge in [-0.25, -0.2) is 0 Å². The third-order valence-electron chi connectivity index (χ3n) is 1.70. The van der Waals surface area contributed by atoms with E-state index in [1.165, 1.54) is 6.92 Å². The predicted molar refractivity (Wildman–Crippen MR) is 52.5 cm³/mol. The number of nitrogens with two attached hydrogens (primary N) is 1. The molecule has 7 heteroatoms. The topological polar surface area (TPSA) is 113 Å². The molecule has 0 rings (SSSR count). The molecule has 0 aliphatic rings. The second kappa shape index (κ2) is 4.89. The number of carbonyl (C=O) groups is 1. The quantitative estimate of drug-likeness (QED) is 0.486. The third-order valence-corrected chi connectivity index (χ3v) is 3.15. The van der Waals surface area contributed by atoms with Crippen LogP contribution in [0.15, 0.2) is 0 Å². The number of carbonyl (C=O) groups excluding carboxylic acids is 1. The van der Waals surface area contributed by atoms with Crippen molar-refractivity contribution in [1.82, 2.24) is 5.32 Å². The van der Waals surface area contributed by atoms with E-state index in [1.54, 1.807) is 13.8 Å². The number of hydrogen-bond acceptors (Lipinski definition) is 3. The second-order valence-electron chi connectivity index (χ2n) is 3.58. The van der Waals surface area contributed by atoms with Crippen LogP contribution >= 0.6 is 7.60 Å². The Hall–Kier alpha value is -0.420. The van der Waals surface area contributed by atoms with Crippen molar-refractivity contribution in [1.29, 1.82) is 0 Å². The fourth-order valence-electron chi connectivity index (χ4n) is 0.916. The van der Waals surface area contributed by atoms with E-state index >= 15 is 0 Å². The van der Waals surface area contributed by atoms with E-state index < -0.39 is 25.3 Å². The summed E-state index contributed by atoms with van der Waals surface area (Å²) in [6, 6.07) is -0.775. The Morgan fingerprint density at radius 3 is 2.00 bits per heavy atom. The van der Waals surface area contributed by atoms with Crippen LogP contribution in [0.25, 0.3) is 0 Å². The van der Waals surface area contributed by atoms with Crippen molar-refractivity contribution in [2.45, 2.75) is 32.6 Å². The lowest BCUT2D eigenvalue weighted by molar-refractivity contribution is -0.122. The molecule has 0 bridgehead atoms. The van der Waals surface area contributed by atoms with Gasteiger partial charge >= 0.3 is 7.60 Å². The first-order chi connectivity index (χ1) is 6.16. The van der Waals surface area contributed by atoms with Gasteiger partial charge in [0.2, 0.25) is 5.91 Å². The number of amides is 1. The van der Waals surface area contributed by atoms with E-state index in [0.29, 0.717) is 0 Å². The molecule has 6 nitrogen and oxygen atoms in total. The monoisotopic (exact) mass is 224 g/mol. The molecule has 1 unspecified atom stereocenters. The smallest absolute Gasteiger partial charge is 0.340 e. The molecule has 14 heavy (non-hydrogen) atoms. The minimum Gasteiger partial charge on any atom is -0.340 e. The molecule has 0 heterocycles. The van der Waals surface area contributed by atoms with Crippen LogP contribution in [0.1, 0.15) is 20.8 Å². The molecular weight excluding hydrogens is 207 g/mol. The molecule has 0 aromatic rings. The van der Waals surface area contributed by atoms with Crippen LogP contribution in [0, 0.1) is 5.92 Å². The lowest BCUT2D eigenvalue weighted by atomic mass is 10.2. The zero-order chi connectivity index (χ0) is 11.5. The summed E-state index contributed by atoms with van der Waals surface area (Å²) in [5.41, 5.74) is 5.26. The van der Waals surface area contributed by atoms with Gasteiger partial charge in [-0.15, -0.1) is 0 Å². The standard InChI is InChI=1S/C7H17N2O4P/c1-4(2)7(14(11,12)13)9-6(10)5(3)8/h4-5,7H,8H2,1-3H3,(H,9,10)(H2,11,12,13)/t5-,7?/m0/s1. The molecule has 0 radical (unpaired) electrons. The molecule has 0 aromatic carbocycles. The van der Waals surface area contributed by atoms with E-state index in [9.17, 15) is 9.36 Å². The fourth-order valence-corrected chi connectivity index (χ4v) is 1.99. The Kier molecular flexibility index (Phi) is 4.74. The maximum Gasteiger partial charge on any atom is 0.347 e. The Morgan fingerprint density at radius 1 is 1.36 bits per heavy atom. The van der Waals surface area contributed by atoms with Gasteiger partial charge in [-0.3, -0.25) is 9.36 Å². The second-order valence-corrected chi connectivity index (χ2v) is 5.31. The number of rotatable bonds is 4. The van der Waals surface area contributed by atoms with Crippen LogP contribution < -0.4 is 11.1 Å². The molecule has 1 amide bonds. The molecule has 0 saturated carbocycles. The Balaban J connectivity index is 4.56. The highest BCUT2D eigenvalue weighted by Gasteiger charge is 2.33. The van der Waals surface area contributed by atoms with Gasteiger partial charge in [-0.1, -0.05) is 13.8 Å². The highest BCUT2D eigenvalue weighted by atomic mass is 31.2. The van der Waals surface area contributed by atoms with Crippen molar-refractivity contribution in [3.05, 3.63) is 0 Å². The van der Waals surface area contributed by atoms with Gasteiger partial charge in [0.15, 0.2) is 0 Å². The van der Waals surface area contributed by atoms with Gasteiger partial charge in [-0.2, -0.15) is 0 Å². The van der Waals surface area contributed by atoms with Crippen LogP contribution in [0.5, 0.6) is 0 Å². The zero-order valence-corrected chi connectivity index (χ0v) is 9.36. The molecule has 0 aliphatic heterocycles. The molecule has 0 spiro atoms. The lowest BCUT2D eigenvalue weighted by Gasteiger charge is -2.23. The van der Waals surface area contributed by atoms with Crippen LogP contribution in [0.3, 0.4) is 0 Å². The van der Waals surface area contributed by atoms with E-state index in [0.717, 1.165) is 0 Å². The van der Waals surface area contributed by atoms with Crippen molar-refractivity contribution < 1.29 is 19.1 Å². The van der Waals surface area contributed by atoms with Gasteiger partial charge in [0.1, 0.15) is 5.78 Å². The molecule has 2 atom stereocenters. The molecular formula is C7H17N2O4P. The van der Waals surface area contributed by atoms with Crippen molar-refractivity contribution in [3.8, 4) is 0 Å². The summed E-state index contributed by atoms with van der Waals surface area (Å²) >= 11 is 0. The van der Waals surface area contributed by atoms with Crippen LogP contribution in [-0.4, -0.2) is 27.5 Å². The summed E-state index contributed by atoms with van der Waals surface area (Å²) in [4.78, 5) is 29.0. The van der Waals surface area contributed by atoms with Crippen molar-refractivity contribution in [3.63, 3.8) is 0 Å². The first-order valence-electron chi connectivity index (χ1n) is 4.27. The minimum atomic E-state index is -4.31. The SMILES string of the molecule is CC(C)C(NC(=O)[C@H](C)N)P(=O)(O)O. The Morgan fingerprint density at radius 2 is 1.79 bits per heavy atom. The average molecular weight is 224 g/mol. The zero-order valence-electron chi connectivity index (χ0n) is 8.47. The molecule has 0 aliphatic carbocycles. The Labute approximate surface area is 83.0 Å². The number of nitrogens with one attached hydrogen (secondary N) is 1. The summed E-state index contributed by atoms with van der Waals surface area (Å²) in [6.45, 7) is 4.68. The molecule has 0 aromatic heterocycles. The lowest BCUT2D eigenvalue weighted by Crippen LogP contribution is -2.45. The average Bonchev–Trinajstić information content (AvgIpc) is 1.96. The van der Waals surface area contributed by atoms with Crippen LogP contribution in [0.4, 0.5) is 0 Å². The Bertz CT molecular complexity index is 248. The van der Waals surface area contributed by atoms with E-state index in [-0.39, 0.29) is 5.92 Å². The third kappa shape index (κ3) is 4.19. The van der Waals surface area contributed by atoms with Gasteiger partial charge in [0.05, 0.1) is 6.04 Å². The van der Waals surface area contributed by atoms with Gasteiger partial charge in [0, 0.05) is 0 Å².